The Morgan fingerprint density at radius 3 is 2.45 bits per heavy atom. The predicted molar refractivity (Wildman–Crippen MR) is 159 cm³/mol. The van der Waals surface area contributed by atoms with Crippen LogP contribution in [-0.4, -0.2) is 70.0 Å². The molecule has 1 aliphatic heterocycles. The Labute approximate surface area is 242 Å². The number of hydrogen-bond donors (Lipinski definition) is 4. The number of rotatable bonds is 12. The number of likely N-dealkylation sites (tertiary alicyclic amines) is 1. The number of carbonyl (C=O) groups excluding carboxylic acids is 3. The Morgan fingerprint density at radius 1 is 1.15 bits per heavy atom. The Hall–Kier alpha value is -2.82. The smallest absolute Gasteiger partial charge is 0.246 e. The average molecular weight is 572 g/mol. The maximum Gasteiger partial charge on any atom is 0.246 e. The van der Waals surface area contributed by atoms with Crippen LogP contribution < -0.4 is 16.0 Å². The van der Waals surface area contributed by atoms with Crippen molar-refractivity contribution in [3.05, 3.63) is 41.0 Å². The van der Waals surface area contributed by atoms with Gasteiger partial charge in [-0.25, -0.2) is 4.98 Å². The molecule has 0 radical (unpaired) electrons. The van der Waals surface area contributed by atoms with E-state index in [2.05, 4.69) is 34.8 Å². The van der Waals surface area contributed by atoms with Crippen LogP contribution in [0.1, 0.15) is 71.6 Å². The summed E-state index contributed by atoms with van der Waals surface area (Å²) in [5, 5.41) is 19.6. The zero-order chi connectivity index (χ0) is 29.4. The highest BCUT2D eigenvalue weighted by Gasteiger charge is 2.44. The van der Waals surface area contributed by atoms with Gasteiger partial charge in [0, 0.05) is 32.0 Å². The molecule has 0 aliphatic carbocycles. The number of carbonyl (C=O) groups is 3. The van der Waals surface area contributed by atoms with Crippen molar-refractivity contribution in [3.8, 4) is 10.4 Å². The van der Waals surface area contributed by atoms with E-state index in [0.717, 1.165) is 41.1 Å². The molecule has 3 rings (SSSR count). The molecule has 10 heteroatoms. The van der Waals surface area contributed by atoms with Gasteiger partial charge >= 0.3 is 0 Å². The van der Waals surface area contributed by atoms with Gasteiger partial charge in [-0.3, -0.25) is 14.4 Å². The number of β-amino-alcohol motifs (C(OH)–C–C–N with tert-alkyl or cyclic N) is 1. The highest BCUT2D eigenvalue weighted by atomic mass is 32.1. The third-order valence-electron chi connectivity index (χ3n) is 7.09. The normalized spacial score (nSPS) is 18.1. The Kier molecular flexibility index (Phi) is 11.2. The standard InChI is InChI=1S/C30H45N5O4S/c1-19(2)31-14-8-7-9-25(37)34-27(30(4,5)6)29(39)35-17-23(36)15-24(35)28(38)32-16-21-10-12-22(13-11-21)26-20(3)33-18-40-26/h10-13,18-19,23-24,27,31,36H,7-9,14-17H2,1-6H3,(H,32,38)(H,34,37)/t23-,24+,27-/m1/s1. The first-order valence-electron chi connectivity index (χ1n) is 14.1. The van der Waals surface area contributed by atoms with Gasteiger partial charge in [0.1, 0.15) is 12.1 Å². The third kappa shape index (κ3) is 8.84. The van der Waals surface area contributed by atoms with Crippen LogP contribution in [-0.2, 0) is 20.9 Å². The van der Waals surface area contributed by atoms with Gasteiger partial charge in [0.15, 0.2) is 0 Å². The van der Waals surface area contributed by atoms with Crippen molar-refractivity contribution in [3.63, 3.8) is 0 Å². The lowest BCUT2D eigenvalue weighted by Crippen LogP contribution is -2.57. The van der Waals surface area contributed by atoms with Gasteiger partial charge in [0.25, 0.3) is 0 Å². The van der Waals surface area contributed by atoms with Crippen LogP contribution in [0.4, 0.5) is 0 Å². The molecule has 9 nitrogen and oxygen atoms in total. The summed E-state index contributed by atoms with van der Waals surface area (Å²) in [5.74, 6) is -0.845. The van der Waals surface area contributed by atoms with Crippen LogP contribution in [0, 0.1) is 12.3 Å². The van der Waals surface area contributed by atoms with Gasteiger partial charge in [-0.15, -0.1) is 11.3 Å². The zero-order valence-electron chi connectivity index (χ0n) is 24.6. The fraction of sp³-hybridized carbons (Fsp3) is 0.600. The highest BCUT2D eigenvalue weighted by molar-refractivity contribution is 7.13. The molecular weight excluding hydrogens is 526 g/mol. The SMILES string of the molecule is Cc1ncsc1-c1ccc(CNC(=O)[C@@H]2C[C@@H](O)CN2C(=O)[C@@H](NC(=O)CCCCNC(C)C)C(C)(C)C)cc1. The van der Waals surface area contributed by atoms with Crippen LogP contribution in [0.3, 0.4) is 0 Å². The van der Waals surface area contributed by atoms with Crippen molar-refractivity contribution in [1.82, 2.24) is 25.8 Å². The lowest BCUT2D eigenvalue weighted by atomic mass is 9.85. The van der Waals surface area contributed by atoms with Crippen LogP contribution in [0.25, 0.3) is 10.4 Å². The maximum atomic E-state index is 13.7. The van der Waals surface area contributed by atoms with E-state index in [1.165, 1.54) is 4.90 Å². The van der Waals surface area contributed by atoms with Gasteiger partial charge in [-0.2, -0.15) is 0 Å². The highest BCUT2D eigenvalue weighted by Crippen LogP contribution is 2.28. The number of amides is 3. The molecule has 0 saturated carbocycles. The number of nitrogens with one attached hydrogen (secondary N) is 3. The third-order valence-corrected chi connectivity index (χ3v) is 8.07. The molecule has 0 spiro atoms. The number of nitrogens with zero attached hydrogens (tertiary/aromatic N) is 2. The molecule has 1 aromatic heterocycles. The van der Waals surface area contributed by atoms with E-state index in [1.807, 2.05) is 57.5 Å². The van der Waals surface area contributed by atoms with E-state index in [0.29, 0.717) is 19.0 Å². The van der Waals surface area contributed by atoms with E-state index in [4.69, 9.17) is 0 Å². The van der Waals surface area contributed by atoms with Gasteiger partial charge in [0.2, 0.25) is 17.7 Å². The molecule has 1 aromatic carbocycles. The number of aliphatic hydroxyl groups excluding tert-OH is 1. The largest absolute Gasteiger partial charge is 0.391 e. The lowest BCUT2D eigenvalue weighted by Gasteiger charge is -2.35. The summed E-state index contributed by atoms with van der Waals surface area (Å²) in [6, 6.07) is 6.74. The van der Waals surface area contributed by atoms with Gasteiger partial charge < -0.3 is 26.0 Å². The fourth-order valence-electron chi connectivity index (χ4n) is 4.81. The van der Waals surface area contributed by atoms with Gasteiger partial charge in [0.05, 0.1) is 22.2 Å². The first kappa shape index (κ1) is 31.7. The van der Waals surface area contributed by atoms with Crippen LogP contribution in [0.2, 0.25) is 0 Å². The van der Waals surface area contributed by atoms with Crippen LogP contribution in [0.5, 0.6) is 0 Å². The van der Waals surface area contributed by atoms with E-state index in [-0.39, 0.29) is 30.7 Å². The molecule has 2 heterocycles. The molecule has 3 amide bonds. The minimum Gasteiger partial charge on any atom is -0.391 e. The van der Waals surface area contributed by atoms with Crippen molar-refractivity contribution in [2.24, 2.45) is 5.41 Å². The first-order valence-corrected chi connectivity index (χ1v) is 15.0. The molecule has 0 bridgehead atoms. The first-order chi connectivity index (χ1) is 18.9. The monoisotopic (exact) mass is 571 g/mol. The minimum atomic E-state index is -0.808. The summed E-state index contributed by atoms with van der Waals surface area (Å²) in [4.78, 5) is 46.5. The van der Waals surface area contributed by atoms with Crippen molar-refractivity contribution in [2.75, 3.05) is 13.1 Å². The number of hydrogen-bond acceptors (Lipinski definition) is 7. The van der Waals surface area contributed by atoms with E-state index >= 15 is 0 Å². The molecule has 1 saturated heterocycles. The number of aliphatic hydroxyl groups is 1. The Morgan fingerprint density at radius 2 is 1.85 bits per heavy atom. The molecule has 4 N–H and O–H groups in total. The average Bonchev–Trinajstić information content (AvgIpc) is 3.50. The number of thiazole rings is 1. The summed E-state index contributed by atoms with van der Waals surface area (Å²) in [6.07, 6.45) is 1.27. The molecule has 40 heavy (non-hydrogen) atoms. The number of benzene rings is 1. The summed E-state index contributed by atoms with van der Waals surface area (Å²) in [7, 11) is 0. The lowest BCUT2D eigenvalue weighted by molar-refractivity contribution is -0.144. The number of unbranched alkanes of at least 4 members (excludes halogenated alkanes) is 1. The Bertz CT molecular complexity index is 1140. The van der Waals surface area contributed by atoms with Crippen molar-refractivity contribution >= 4 is 29.1 Å². The topological polar surface area (TPSA) is 124 Å². The predicted octanol–water partition coefficient (Wildman–Crippen LogP) is 3.40. The minimum absolute atomic E-state index is 0.0587. The van der Waals surface area contributed by atoms with Crippen LogP contribution in [0.15, 0.2) is 29.8 Å². The molecule has 3 atom stereocenters. The van der Waals surface area contributed by atoms with Crippen molar-refractivity contribution in [2.45, 2.75) is 98.0 Å². The number of aromatic nitrogens is 1. The second-order valence-electron chi connectivity index (χ2n) is 12.0. The van der Waals surface area contributed by atoms with E-state index in [9.17, 15) is 19.5 Å². The van der Waals surface area contributed by atoms with Gasteiger partial charge in [-0.05, 0) is 42.9 Å². The van der Waals surface area contributed by atoms with E-state index < -0.39 is 23.6 Å². The zero-order valence-corrected chi connectivity index (χ0v) is 25.4. The Balaban J connectivity index is 1.60. The summed E-state index contributed by atoms with van der Waals surface area (Å²) in [6.45, 7) is 13.0. The number of aryl methyl sites for hydroxylation is 1. The molecule has 220 valence electrons. The molecular formula is C30H45N5O4S. The second-order valence-corrected chi connectivity index (χ2v) is 12.9. The fourth-order valence-corrected chi connectivity index (χ4v) is 5.63. The van der Waals surface area contributed by atoms with Crippen molar-refractivity contribution < 1.29 is 19.5 Å². The van der Waals surface area contributed by atoms with Crippen molar-refractivity contribution in [1.29, 1.82) is 0 Å². The van der Waals surface area contributed by atoms with E-state index in [1.54, 1.807) is 11.3 Å². The summed E-state index contributed by atoms with van der Waals surface area (Å²) in [5.41, 5.74) is 4.25. The quantitative estimate of drug-likeness (QED) is 0.290. The second kappa shape index (κ2) is 14.2. The summed E-state index contributed by atoms with van der Waals surface area (Å²) < 4.78 is 0. The van der Waals surface area contributed by atoms with Crippen LogP contribution >= 0.6 is 11.3 Å². The maximum absolute atomic E-state index is 13.7. The summed E-state index contributed by atoms with van der Waals surface area (Å²) >= 11 is 1.59. The molecule has 1 aliphatic rings. The molecule has 0 unspecified atom stereocenters. The van der Waals surface area contributed by atoms with Gasteiger partial charge in [-0.1, -0.05) is 58.9 Å². The molecule has 2 aromatic rings. The molecule has 1 fully saturated rings.